The summed E-state index contributed by atoms with van der Waals surface area (Å²) in [7, 11) is 0. The van der Waals surface area contributed by atoms with E-state index in [9.17, 15) is 4.79 Å². The van der Waals surface area contributed by atoms with Crippen molar-refractivity contribution in [1.82, 2.24) is 25.0 Å². The summed E-state index contributed by atoms with van der Waals surface area (Å²) in [6.07, 6.45) is 0.276. The van der Waals surface area contributed by atoms with Crippen LogP contribution in [0.3, 0.4) is 0 Å². The predicted octanol–water partition coefficient (Wildman–Crippen LogP) is 1.63. The molecule has 23 heavy (non-hydrogen) atoms. The van der Waals surface area contributed by atoms with Gasteiger partial charge in [0.25, 0.3) is 11.9 Å². The van der Waals surface area contributed by atoms with Crippen LogP contribution >= 0.6 is 0 Å². The minimum atomic E-state index is -0.161. The normalized spacial score (nSPS) is 14.6. The van der Waals surface area contributed by atoms with E-state index in [2.05, 4.69) is 25.4 Å². The van der Waals surface area contributed by atoms with Crippen LogP contribution in [0.25, 0.3) is 16.9 Å². The number of benzene rings is 1. The lowest BCUT2D eigenvalue weighted by atomic mass is 10.3. The van der Waals surface area contributed by atoms with Gasteiger partial charge in [-0.3, -0.25) is 4.79 Å². The van der Waals surface area contributed by atoms with E-state index < -0.39 is 0 Å². The molecular formula is C15H13N7O. The van der Waals surface area contributed by atoms with Crippen LogP contribution < -0.4 is 5.01 Å². The summed E-state index contributed by atoms with van der Waals surface area (Å²) in [4.78, 5) is 16.4. The van der Waals surface area contributed by atoms with E-state index in [4.69, 9.17) is 0 Å². The van der Waals surface area contributed by atoms with Crippen LogP contribution in [0, 0.1) is 6.92 Å². The fourth-order valence-corrected chi connectivity index (χ4v) is 2.49. The third-order valence-electron chi connectivity index (χ3n) is 3.55. The Hall–Kier alpha value is -3.16. The first-order chi connectivity index (χ1) is 11.1. The van der Waals surface area contributed by atoms with Crippen molar-refractivity contribution < 1.29 is 4.79 Å². The number of carbonyl (C=O) groups is 1. The highest BCUT2D eigenvalue weighted by molar-refractivity contribution is 6.11. The molecule has 0 unspecified atom stereocenters. The standard InChI is InChI=1S/C15H13N7O/c1-9-8-12(23)22(19-9)15-16-14-13(17-18-15)10(2)20-21(14)11-6-4-3-5-7-11/h3-7H,8H2,1-2H3. The zero-order valence-electron chi connectivity index (χ0n) is 12.6. The first-order valence-corrected chi connectivity index (χ1v) is 7.16. The molecule has 4 rings (SSSR count). The van der Waals surface area contributed by atoms with Gasteiger partial charge in [-0.05, 0) is 26.0 Å². The van der Waals surface area contributed by atoms with Crippen LogP contribution in [0.4, 0.5) is 5.95 Å². The predicted molar refractivity (Wildman–Crippen MR) is 84.4 cm³/mol. The number of fused-ring (bicyclic) bond motifs is 1. The van der Waals surface area contributed by atoms with Gasteiger partial charge in [0, 0.05) is 5.71 Å². The van der Waals surface area contributed by atoms with E-state index >= 15 is 0 Å². The first kappa shape index (κ1) is 13.5. The number of aromatic nitrogens is 5. The second kappa shape index (κ2) is 4.94. The average Bonchev–Trinajstić information content (AvgIpc) is 3.07. The Morgan fingerprint density at radius 3 is 2.57 bits per heavy atom. The summed E-state index contributed by atoms with van der Waals surface area (Å²) in [5.74, 6) is 0.00239. The van der Waals surface area contributed by atoms with Crippen LogP contribution in [0.2, 0.25) is 0 Å². The monoisotopic (exact) mass is 307 g/mol. The van der Waals surface area contributed by atoms with Gasteiger partial charge < -0.3 is 0 Å². The van der Waals surface area contributed by atoms with Gasteiger partial charge in [-0.1, -0.05) is 18.2 Å². The Labute approximate surface area is 131 Å². The molecule has 1 aliphatic rings. The van der Waals surface area contributed by atoms with E-state index in [1.54, 1.807) is 11.6 Å². The fourth-order valence-electron chi connectivity index (χ4n) is 2.49. The molecule has 0 N–H and O–H groups in total. The van der Waals surface area contributed by atoms with Crippen LogP contribution in [-0.2, 0) is 4.79 Å². The van der Waals surface area contributed by atoms with Crippen molar-refractivity contribution in [3.63, 3.8) is 0 Å². The van der Waals surface area contributed by atoms with Crippen molar-refractivity contribution >= 4 is 28.7 Å². The Morgan fingerprint density at radius 2 is 1.87 bits per heavy atom. The summed E-state index contributed by atoms with van der Waals surface area (Å²) < 4.78 is 1.69. The van der Waals surface area contributed by atoms with Crippen molar-refractivity contribution in [1.29, 1.82) is 0 Å². The SMILES string of the molecule is CC1=NN(c2nnc3c(C)nn(-c4ccccc4)c3n2)C(=O)C1. The molecule has 0 fully saturated rings. The quantitative estimate of drug-likeness (QED) is 0.718. The number of anilines is 1. The molecular weight excluding hydrogens is 294 g/mol. The number of hydrazone groups is 1. The molecule has 3 aromatic rings. The molecule has 114 valence electrons. The molecule has 1 amide bonds. The molecule has 8 nitrogen and oxygen atoms in total. The van der Waals surface area contributed by atoms with Gasteiger partial charge in [0.15, 0.2) is 11.2 Å². The van der Waals surface area contributed by atoms with Crippen molar-refractivity contribution in [2.45, 2.75) is 20.3 Å². The van der Waals surface area contributed by atoms with Gasteiger partial charge in [0.1, 0.15) is 0 Å². The zero-order chi connectivity index (χ0) is 16.0. The molecule has 0 spiro atoms. The van der Waals surface area contributed by atoms with Gasteiger partial charge in [0.2, 0.25) is 0 Å². The van der Waals surface area contributed by atoms with Crippen molar-refractivity contribution in [3.05, 3.63) is 36.0 Å². The topological polar surface area (TPSA) is 89.2 Å². The third-order valence-corrected chi connectivity index (χ3v) is 3.55. The van der Waals surface area contributed by atoms with Gasteiger partial charge in [-0.2, -0.15) is 20.2 Å². The molecule has 2 aromatic heterocycles. The largest absolute Gasteiger partial charge is 0.275 e. The Kier molecular flexibility index (Phi) is 2.90. The highest BCUT2D eigenvalue weighted by atomic mass is 16.2. The first-order valence-electron chi connectivity index (χ1n) is 7.16. The van der Waals surface area contributed by atoms with E-state index in [-0.39, 0.29) is 18.3 Å². The number of rotatable bonds is 2. The van der Waals surface area contributed by atoms with Gasteiger partial charge in [0.05, 0.1) is 17.8 Å². The lowest BCUT2D eigenvalue weighted by molar-refractivity contribution is -0.117. The maximum atomic E-state index is 12.0. The second-order valence-corrected chi connectivity index (χ2v) is 5.33. The molecule has 0 bridgehead atoms. The summed E-state index contributed by atoms with van der Waals surface area (Å²) in [6, 6.07) is 9.63. The number of hydrogen-bond donors (Lipinski definition) is 0. The van der Waals surface area contributed by atoms with Crippen LogP contribution in [-0.4, -0.2) is 36.6 Å². The minimum Gasteiger partial charge on any atom is -0.272 e. The molecule has 0 saturated carbocycles. The number of hydrogen-bond acceptors (Lipinski definition) is 6. The van der Waals surface area contributed by atoms with E-state index in [0.717, 1.165) is 17.1 Å². The Bertz CT molecular complexity index is 945. The number of para-hydroxylation sites is 1. The smallest absolute Gasteiger partial charge is 0.272 e. The Balaban J connectivity index is 1.90. The highest BCUT2D eigenvalue weighted by Gasteiger charge is 2.26. The van der Waals surface area contributed by atoms with Crippen molar-refractivity contribution in [3.8, 4) is 5.69 Å². The van der Waals surface area contributed by atoms with Gasteiger partial charge in [-0.15, -0.1) is 10.2 Å². The highest BCUT2D eigenvalue weighted by Crippen LogP contribution is 2.21. The van der Waals surface area contributed by atoms with Crippen LogP contribution in [0.15, 0.2) is 35.4 Å². The van der Waals surface area contributed by atoms with Gasteiger partial charge in [-0.25, -0.2) is 4.68 Å². The van der Waals surface area contributed by atoms with Crippen LogP contribution in [0.5, 0.6) is 0 Å². The second-order valence-electron chi connectivity index (χ2n) is 5.33. The minimum absolute atomic E-state index is 0.161. The number of carbonyl (C=O) groups excluding carboxylic acids is 1. The Morgan fingerprint density at radius 1 is 1.09 bits per heavy atom. The van der Waals surface area contributed by atoms with E-state index in [1.807, 2.05) is 37.3 Å². The fraction of sp³-hybridized carbons (Fsp3) is 0.200. The summed E-state index contributed by atoms with van der Waals surface area (Å²) in [5.41, 5.74) is 3.47. The summed E-state index contributed by atoms with van der Waals surface area (Å²) in [5, 5.41) is 18.0. The van der Waals surface area contributed by atoms with Gasteiger partial charge >= 0.3 is 0 Å². The third kappa shape index (κ3) is 2.15. The maximum absolute atomic E-state index is 12.0. The van der Waals surface area contributed by atoms with Crippen molar-refractivity contribution in [2.24, 2.45) is 5.10 Å². The van der Waals surface area contributed by atoms with E-state index in [1.165, 1.54) is 5.01 Å². The zero-order valence-corrected chi connectivity index (χ0v) is 12.6. The average molecular weight is 307 g/mol. The molecule has 1 aliphatic heterocycles. The number of aryl methyl sites for hydroxylation is 1. The molecule has 0 atom stereocenters. The van der Waals surface area contributed by atoms with Crippen molar-refractivity contribution in [2.75, 3.05) is 5.01 Å². The molecule has 0 saturated heterocycles. The van der Waals surface area contributed by atoms with E-state index in [0.29, 0.717) is 11.2 Å². The molecule has 0 aliphatic carbocycles. The maximum Gasteiger partial charge on any atom is 0.275 e. The lowest BCUT2D eigenvalue weighted by Crippen LogP contribution is -2.22. The molecule has 0 radical (unpaired) electrons. The molecule has 1 aromatic carbocycles. The number of amides is 1. The summed E-state index contributed by atoms with van der Waals surface area (Å²) >= 11 is 0. The molecule has 8 heteroatoms. The van der Waals surface area contributed by atoms with Crippen LogP contribution in [0.1, 0.15) is 19.0 Å². The lowest BCUT2D eigenvalue weighted by Gasteiger charge is -2.08. The molecule has 3 heterocycles. The number of nitrogens with zero attached hydrogens (tertiary/aromatic N) is 7. The summed E-state index contributed by atoms with van der Waals surface area (Å²) in [6.45, 7) is 3.64.